The fourth-order valence-electron chi connectivity index (χ4n) is 1.45. The number of urea groups is 1. The molecule has 0 aromatic heterocycles. The highest BCUT2D eigenvalue weighted by molar-refractivity contribution is 5.99. The van der Waals surface area contributed by atoms with Gasteiger partial charge >= 0.3 is 12.0 Å². The molecule has 0 saturated carbocycles. The highest BCUT2D eigenvalue weighted by Gasteiger charge is 2.26. The number of nitrogens with two attached hydrogens (primary N) is 2. The fourth-order valence-corrected chi connectivity index (χ4v) is 1.45. The molecule has 0 aliphatic rings. The average molecular weight is 390 g/mol. The summed E-state index contributed by atoms with van der Waals surface area (Å²) in [6, 6.07) is -4.18. The lowest BCUT2D eigenvalue weighted by molar-refractivity contribution is -0.141. The maximum Gasteiger partial charge on any atom is 0.328 e. The van der Waals surface area contributed by atoms with Crippen LogP contribution < -0.4 is 33.0 Å². The van der Waals surface area contributed by atoms with Crippen LogP contribution in [0.1, 0.15) is 13.3 Å². The zero-order chi connectivity index (χ0) is 21.1. The Kier molecular flexibility index (Phi) is 10.0. The van der Waals surface area contributed by atoms with Gasteiger partial charge in [0.2, 0.25) is 5.91 Å². The fraction of sp³-hybridized carbons (Fsp3) is 0.462. The normalized spacial score (nSPS) is 14.3. The Morgan fingerprint density at radius 1 is 1.15 bits per heavy atom. The number of aliphatic hydroxyl groups is 2. The molecule has 0 spiro atoms. The van der Waals surface area contributed by atoms with Crippen LogP contribution in [0.4, 0.5) is 4.79 Å². The van der Waals surface area contributed by atoms with E-state index < -0.39 is 66.6 Å². The van der Waals surface area contributed by atoms with Gasteiger partial charge in [-0.1, -0.05) is 0 Å². The maximum atomic E-state index is 12.0. The van der Waals surface area contributed by atoms with E-state index in [1.165, 1.54) is 0 Å². The van der Waals surface area contributed by atoms with E-state index in [9.17, 15) is 29.1 Å². The molecular weight excluding hydrogens is 368 g/mol. The van der Waals surface area contributed by atoms with Crippen molar-refractivity contribution in [3.05, 3.63) is 11.8 Å². The van der Waals surface area contributed by atoms with Gasteiger partial charge in [-0.25, -0.2) is 9.59 Å². The lowest BCUT2D eigenvalue weighted by atomic mass is 10.2. The van der Waals surface area contributed by atoms with Crippen molar-refractivity contribution < 1.29 is 39.3 Å². The number of aliphatic hydroxyl groups excluding tert-OH is 2. The van der Waals surface area contributed by atoms with Crippen molar-refractivity contribution in [2.75, 3.05) is 6.61 Å². The van der Waals surface area contributed by atoms with E-state index in [2.05, 4.69) is 0 Å². The number of hydrogen-bond acceptors (Lipinski definition) is 8. The Morgan fingerprint density at radius 2 is 1.74 bits per heavy atom. The number of amides is 5. The molecule has 14 heteroatoms. The van der Waals surface area contributed by atoms with Gasteiger partial charge in [-0.3, -0.25) is 25.2 Å². The molecule has 27 heavy (non-hydrogen) atoms. The van der Waals surface area contributed by atoms with E-state index in [0.717, 1.165) is 13.0 Å². The van der Waals surface area contributed by atoms with Crippen molar-refractivity contribution in [2.24, 2.45) is 11.5 Å². The molecule has 0 aromatic rings. The zero-order valence-corrected chi connectivity index (χ0v) is 14.3. The van der Waals surface area contributed by atoms with E-state index in [1.807, 2.05) is 21.5 Å². The van der Waals surface area contributed by atoms with Crippen LogP contribution in [0.3, 0.4) is 0 Å². The van der Waals surface area contributed by atoms with Crippen molar-refractivity contribution in [1.29, 1.82) is 0 Å². The number of carboxylic acids is 1. The molecule has 11 N–H and O–H groups in total. The van der Waals surface area contributed by atoms with Crippen molar-refractivity contribution in [3.63, 3.8) is 0 Å². The summed E-state index contributed by atoms with van der Waals surface area (Å²) < 4.78 is 0. The molecule has 0 saturated heterocycles. The quantitative estimate of drug-likeness (QED) is 0.135. The Morgan fingerprint density at radius 3 is 2.19 bits per heavy atom. The molecule has 5 amide bonds. The van der Waals surface area contributed by atoms with Gasteiger partial charge < -0.3 is 37.4 Å². The average Bonchev–Trinajstić information content (AvgIpc) is 2.59. The number of rotatable bonds is 9. The van der Waals surface area contributed by atoms with Crippen molar-refractivity contribution in [3.8, 4) is 0 Å². The second-order valence-corrected chi connectivity index (χ2v) is 5.18. The third-order valence-corrected chi connectivity index (χ3v) is 2.87. The number of hydrogen-bond donors (Lipinski definition) is 9. The van der Waals surface area contributed by atoms with Gasteiger partial charge in [-0.15, -0.1) is 0 Å². The standard InChI is InChI=1S/C13H22N6O8/c1-5(21)9(12(25)26)17-13(27)16-7(2-3-8(15)22)11(24)19-18-10(23)6(14)4-20/h2,5-6,9,20-21H,3-4,14H2,1H3,(H2,15,22)(H,18,23)(H,19,24)(H,25,26)(H2,16,17,27)/b7-2+/t5?,6-,9-/m0/s1. The summed E-state index contributed by atoms with van der Waals surface area (Å²) in [5.41, 5.74) is 13.3. The van der Waals surface area contributed by atoms with E-state index in [-0.39, 0.29) is 0 Å². The summed E-state index contributed by atoms with van der Waals surface area (Å²) in [7, 11) is 0. The maximum absolute atomic E-state index is 12.0. The molecule has 0 aliphatic heterocycles. The molecule has 3 atom stereocenters. The lowest BCUT2D eigenvalue weighted by Crippen LogP contribution is -2.54. The van der Waals surface area contributed by atoms with Crippen molar-refractivity contribution >= 4 is 29.7 Å². The first-order chi connectivity index (χ1) is 12.5. The molecule has 0 fully saturated rings. The SMILES string of the molecule is CC(O)[C@H](NC(=O)N/C(=C/CC(N)=O)C(=O)NNC(=O)[C@@H](N)CO)C(=O)O. The molecule has 0 radical (unpaired) electrons. The highest BCUT2D eigenvalue weighted by Crippen LogP contribution is 1.96. The summed E-state index contributed by atoms with van der Waals surface area (Å²) in [6.45, 7) is 0.429. The minimum absolute atomic E-state index is 0.466. The van der Waals surface area contributed by atoms with Gasteiger partial charge in [0.1, 0.15) is 11.7 Å². The zero-order valence-electron chi connectivity index (χ0n) is 14.3. The van der Waals surface area contributed by atoms with Crippen LogP contribution >= 0.6 is 0 Å². The summed E-state index contributed by atoms with van der Waals surface area (Å²) in [6.07, 6.45) is -1.00. The number of nitrogens with one attached hydrogen (secondary N) is 4. The summed E-state index contributed by atoms with van der Waals surface area (Å²) in [4.78, 5) is 57.0. The predicted octanol–water partition coefficient (Wildman–Crippen LogP) is -4.65. The number of carbonyl (C=O) groups is 5. The van der Waals surface area contributed by atoms with E-state index in [0.29, 0.717) is 0 Å². The predicted molar refractivity (Wildman–Crippen MR) is 88.0 cm³/mol. The van der Waals surface area contributed by atoms with Gasteiger partial charge in [-0.05, 0) is 13.0 Å². The molecule has 0 bridgehead atoms. The van der Waals surface area contributed by atoms with Gasteiger partial charge in [0.15, 0.2) is 6.04 Å². The lowest BCUT2D eigenvalue weighted by Gasteiger charge is -2.18. The van der Waals surface area contributed by atoms with Crippen LogP contribution in [0.2, 0.25) is 0 Å². The minimum atomic E-state index is -1.67. The second-order valence-electron chi connectivity index (χ2n) is 5.18. The monoisotopic (exact) mass is 390 g/mol. The Bertz CT molecular complexity index is 620. The Balaban J connectivity index is 5.09. The Labute approximate surface area is 152 Å². The van der Waals surface area contributed by atoms with Crippen LogP contribution in [0.15, 0.2) is 11.8 Å². The smallest absolute Gasteiger partial charge is 0.328 e. The van der Waals surface area contributed by atoms with Gasteiger partial charge in [0.05, 0.1) is 12.7 Å². The highest BCUT2D eigenvalue weighted by atomic mass is 16.4. The van der Waals surface area contributed by atoms with Gasteiger partial charge in [-0.2, -0.15) is 0 Å². The van der Waals surface area contributed by atoms with Crippen LogP contribution in [0.5, 0.6) is 0 Å². The molecule has 0 aromatic carbocycles. The number of primary amides is 1. The number of aliphatic carboxylic acids is 1. The van der Waals surface area contributed by atoms with Gasteiger partial charge in [0, 0.05) is 6.42 Å². The van der Waals surface area contributed by atoms with E-state index >= 15 is 0 Å². The third-order valence-electron chi connectivity index (χ3n) is 2.87. The molecule has 1 unspecified atom stereocenters. The second kappa shape index (κ2) is 11.4. The van der Waals surface area contributed by atoms with Crippen LogP contribution in [-0.4, -0.2) is 69.8 Å². The molecule has 14 nitrogen and oxygen atoms in total. The molecular formula is C13H22N6O8. The third kappa shape index (κ3) is 9.15. The van der Waals surface area contributed by atoms with Crippen LogP contribution in [0, 0.1) is 0 Å². The summed E-state index contributed by atoms with van der Waals surface area (Å²) in [5, 5.41) is 30.8. The van der Waals surface area contributed by atoms with Crippen LogP contribution in [-0.2, 0) is 19.2 Å². The number of carboxylic acid groups (broad SMARTS) is 1. The largest absolute Gasteiger partial charge is 0.480 e. The summed E-state index contributed by atoms with van der Waals surface area (Å²) in [5.74, 6) is -4.42. The van der Waals surface area contributed by atoms with Crippen molar-refractivity contribution in [2.45, 2.75) is 31.5 Å². The van der Waals surface area contributed by atoms with Crippen LogP contribution in [0.25, 0.3) is 0 Å². The molecule has 152 valence electrons. The van der Waals surface area contributed by atoms with Gasteiger partial charge in [0.25, 0.3) is 11.8 Å². The molecule has 0 heterocycles. The first kappa shape index (κ1) is 23.8. The minimum Gasteiger partial charge on any atom is -0.480 e. The molecule has 0 rings (SSSR count). The first-order valence-corrected chi connectivity index (χ1v) is 7.43. The topological polar surface area (TPSA) is 246 Å². The van der Waals surface area contributed by atoms with E-state index in [4.69, 9.17) is 21.7 Å². The Hall–Kier alpha value is -3.23. The number of hydrazine groups is 1. The summed E-state index contributed by atoms with van der Waals surface area (Å²) >= 11 is 0. The van der Waals surface area contributed by atoms with E-state index in [1.54, 1.807) is 0 Å². The number of carbonyl (C=O) groups excluding carboxylic acids is 4. The molecule has 0 aliphatic carbocycles. The van der Waals surface area contributed by atoms with Crippen molar-refractivity contribution in [1.82, 2.24) is 21.5 Å². The first-order valence-electron chi connectivity index (χ1n) is 7.43.